The summed E-state index contributed by atoms with van der Waals surface area (Å²) in [4.78, 5) is 40.6. The van der Waals surface area contributed by atoms with Gasteiger partial charge in [-0.1, -0.05) is 26.0 Å². The zero-order chi connectivity index (χ0) is 29.8. The Balaban J connectivity index is 1.79. The molecule has 9 nitrogen and oxygen atoms in total. The Labute approximate surface area is 245 Å². The van der Waals surface area contributed by atoms with Crippen LogP contribution in [-0.2, 0) is 13.0 Å². The number of nitrogens with zero attached hydrogens (tertiary/aromatic N) is 1. The topological polar surface area (TPSA) is 134 Å². The summed E-state index contributed by atoms with van der Waals surface area (Å²) in [5.41, 5.74) is 7.95. The first-order valence-electron chi connectivity index (χ1n) is 13.8. The number of amides is 3. The van der Waals surface area contributed by atoms with E-state index in [1.54, 1.807) is 12.0 Å². The molecule has 0 saturated heterocycles. The molecule has 0 radical (unpaired) electrons. The summed E-state index contributed by atoms with van der Waals surface area (Å²) < 4.78 is 5.27. The molecule has 0 bridgehead atoms. The standard InChI is InChI=1S/C31H40N4O5S/c1-4-10-35(11-5-2)31(39)25-16-23(29(32)37)15-24(17-25)30(38)34-27(14-22-9-12-41-20-22)28(36)19-33-18-21-7-6-8-26(13-21)40-3/h6-9,12-13,15-17,20,27-28,33,36H,4-5,10-11,14,18-19H2,1-3H3,(H2,32,37)(H,34,38)/t27-,28+/m0/s1. The normalized spacial score (nSPS) is 12.4. The van der Waals surface area contributed by atoms with Crippen LogP contribution in [0.3, 0.4) is 0 Å². The lowest BCUT2D eigenvalue weighted by Crippen LogP contribution is -2.48. The van der Waals surface area contributed by atoms with Crippen LogP contribution >= 0.6 is 11.3 Å². The predicted octanol–water partition coefficient (Wildman–Crippen LogP) is 3.61. The van der Waals surface area contributed by atoms with Crippen molar-refractivity contribution in [1.82, 2.24) is 15.5 Å². The summed E-state index contributed by atoms with van der Waals surface area (Å²) in [5.74, 6) is -0.756. The lowest BCUT2D eigenvalue weighted by molar-refractivity contribution is 0.0755. The van der Waals surface area contributed by atoms with Gasteiger partial charge in [-0.3, -0.25) is 14.4 Å². The van der Waals surface area contributed by atoms with E-state index in [4.69, 9.17) is 10.5 Å². The Morgan fingerprint density at radius 1 is 1.00 bits per heavy atom. The zero-order valence-electron chi connectivity index (χ0n) is 23.9. The summed E-state index contributed by atoms with van der Waals surface area (Å²) in [6, 6.07) is 13.2. The Morgan fingerprint density at radius 2 is 1.71 bits per heavy atom. The quantitative estimate of drug-likeness (QED) is 0.205. The maximum absolute atomic E-state index is 13.5. The number of methoxy groups -OCH3 is 1. The number of primary amides is 1. The first kappa shape index (κ1) is 31.8. The average Bonchev–Trinajstić information content (AvgIpc) is 3.49. The Hall–Kier alpha value is -3.73. The fourth-order valence-electron chi connectivity index (χ4n) is 4.55. The third-order valence-electron chi connectivity index (χ3n) is 6.63. The number of aliphatic hydroxyl groups excluding tert-OH is 1. The maximum atomic E-state index is 13.5. The van der Waals surface area contributed by atoms with E-state index in [0.29, 0.717) is 26.1 Å². The van der Waals surface area contributed by atoms with Gasteiger partial charge in [0.15, 0.2) is 0 Å². The minimum absolute atomic E-state index is 0.0730. The summed E-state index contributed by atoms with van der Waals surface area (Å²) in [6.07, 6.45) is 1.04. The molecule has 2 atom stereocenters. The van der Waals surface area contributed by atoms with E-state index in [2.05, 4.69) is 10.6 Å². The second kappa shape index (κ2) is 15.9. The summed E-state index contributed by atoms with van der Waals surface area (Å²) in [6.45, 7) is 5.82. The number of carbonyl (C=O) groups excluding carboxylic acids is 3. The van der Waals surface area contributed by atoms with Crippen LogP contribution in [0.5, 0.6) is 5.75 Å². The molecule has 1 aromatic heterocycles. The molecule has 3 rings (SSSR count). The molecule has 0 unspecified atom stereocenters. The molecule has 0 aliphatic rings. The number of nitrogens with two attached hydrogens (primary N) is 1. The van der Waals surface area contributed by atoms with E-state index >= 15 is 0 Å². The molecule has 3 amide bonds. The van der Waals surface area contributed by atoms with Gasteiger partial charge in [-0.25, -0.2) is 0 Å². The number of benzene rings is 2. The molecule has 220 valence electrons. The third-order valence-corrected chi connectivity index (χ3v) is 7.37. The van der Waals surface area contributed by atoms with Gasteiger partial charge in [0, 0.05) is 42.9 Å². The van der Waals surface area contributed by atoms with Gasteiger partial charge in [0.2, 0.25) is 5.91 Å². The molecule has 3 aromatic rings. The molecular weight excluding hydrogens is 540 g/mol. The third kappa shape index (κ3) is 9.41. The number of nitrogens with one attached hydrogen (secondary N) is 2. The lowest BCUT2D eigenvalue weighted by atomic mass is 10.0. The first-order chi connectivity index (χ1) is 19.7. The predicted molar refractivity (Wildman–Crippen MR) is 161 cm³/mol. The Kier molecular flexibility index (Phi) is 12.3. The molecule has 10 heteroatoms. The zero-order valence-corrected chi connectivity index (χ0v) is 24.7. The molecule has 1 heterocycles. The van der Waals surface area contributed by atoms with Crippen LogP contribution in [0.25, 0.3) is 0 Å². The second-order valence-corrected chi connectivity index (χ2v) is 10.7. The van der Waals surface area contributed by atoms with E-state index in [9.17, 15) is 19.5 Å². The van der Waals surface area contributed by atoms with Gasteiger partial charge < -0.3 is 31.1 Å². The largest absolute Gasteiger partial charge is 0.497 e. The minimum Gasteiger partial charge on any atom is -0.497 e. The van der Waals surface area contributed by atoms with Crippen LogP contribution in [0.4, 0.5) is 0 Å². The van der Waals surface area contributed by atoms with Crippen molar-refractivity contribution < 1.29 is 24.2 Å². The second-order valence-electron chi connectivity index (χ2n) is 9.92. The number of thiophene rings is 1. The van der Waals surface area contributed by atoms with Gasteiger partial charge in [-0.15, -0.1) is 0 Å². The molecule has 0 fully saturated rings. The molecule has 0 aliphatic carbocycles. The van der Waals surface area contributed by atoms with Crippen LogP contribution in [0.1, 0.15) is 68.9 Å². The van der Waals surface area contributed by atoms with Gasteiger partial charge in [0.1, 0.15) is 5.75 Å². The molecule has 41 heavy (non-hydrogen) atoms. The van der Waals surface area contributed by atoms with E-state index in [1.807, 2.05) is 54.9 Å². The first-order valence-corrected chi connectivity index (χ1v) is 14.8. The van der Waals surface area contributed by atoms with Crippen molar-refractivity contribution in [3.05, 3.63) is 87.1 Å². The summed E-state index contributed by atoms with van der Waals surface area (Å²) in [5, 5.41) is 21.2. The van der Waals surface area contributed by atoms with Crippen LogP contribution in [0.15, 0.2) is 59.3 Å². The number of hydrogen-bond acceptors (Lipinski definition) is 7. The van der Waals surface area contributed by atoms with Crippen LogP contribution in [0.2, 0.25) is 0 Å². The Bertz CT molecular complexity index is 1290. The van der Waals surface area contributed by atoms with E-state index in [-0.39, 0.29) is 29.1 Å². The number of hydrogen-bond donors (Lipinski definition) is 4. The van der Waals surface area contributed by atoms with Crippen molar-refractivity contribution in [2.24, 2.45) is 5.73 Å². The van der Waals surface area contributed by atoms with Gasteiger partial charge in [-0.2, -0.15) is 11.3 Å². The van der Waals surface area contributed by atoms with Crippen LogP contribution in [0, 0.1) is 0 Å². The monoisotopic (exact) mass is 580 g/mol. The molecule has 0 aliphatic heterocycles. The average molecular weight is 581 g/mol. The molecule has 0 spiro atoms. The van der Waals surface area contributed by atoms with Crippen molar-refractivity contribution >= 4 is 29.1 Å². The van der Waals surface area contributed by atoms with Gasteiger partial charge in [0.05, 0.1) is 19.3 Å². The highest BCUT2D eigenvalue weighted by Crippen LogP contribution is 2.17. The highest BCUT2D eigenvalue weighted by Gasteiger charge is 2.25. The lowest BCUT2D eigenvalue weighted by Gasteiger charge is -2.25. The van der Waals surface area contributed by atoms with E-state index < -0.39 is 24.0 Å². The molecule has 5 N–H and O–H groups in total. The highest BCUT2D eigenvalue weighted by molar-refractivity contribution is 7.07. The number of ether oxygens (including phenoxy) is 1. The smallest absolute Gasteiger partial charge is 0.253 e. The van der Waals surface area contributed by atoms with Crippen molar-refractivity contribution in [1.29, 1.82) is 0 Å². The highest BCUT2D eigenvalue weighted by atomic mass is 32.1. The number of carbonyl (C=O) groups is 3. The van der Waals surface area contributed by atoms with Crippen molar-refractivity contribution in [3.63, 3.8) is 0 Å². The Morgan fingerprint density at radius 3 is 2.34 bits per heavy atom. The van der Waals surface area contributed by atoms with Crippen molar-refractivity contribution in [2.45, 2.75) is 51.8 Å². The van der Waals surface area contributed by atoms with E-state index in [0.717, 1.165) is 29.7 Å². The molecule has 0 saturated carbocycles. The van der Waals surface area contributed by atoms with Crippen molar-refractivity contribution in [3.8, 4) is 5.75 Å². The van der Waals surface area contributed by atoms with Gasteiger partial charge in [0.25, 0.3) is 11.8 Å². The van der Waals surface area contributed by atoms with E-state index in [1.165, 1.54) is 29.5 Å². The van der Waals surface area contributed by atoms with Gasteiger partial charge in [-0.05, 0) is 77.5 Å². The molecular formula is C31H40N4O5S. The number of rotatable bonds is 16. The maximum Gasteiger partial charge on any atom is 0.253 e. The summed E-state index contributed by atoms with van der Waals surface area (Å²) >= 11 is 1.53. The SMILES string of the molecule is CCCN(CCC)C(=O)c1cc(C(N)=O)cc(C(=O)N[C@@H](Cc2ccsc2)[C@H](O)CNCc2cccc(OC)c2)c1. The van der Waals surface area contributed by atoms with Gasteiger partial charge >= 0.3 is 0 Å². The van der Waals surface area contributed by atoms with Crippen molar-refractivity contribution in [2.75, 3.05) is 26.7 Å². The minimum atomic E-state index is -0.922. The van der Waals surface area contributed by atoms with Crippen LogP contribution in [-0.4, -0.2) is 66.6 Å². The summed E-state index contributed by atoms with van der Waals surface area (Å²) in [7, 11) is 1.61. The fraction of sp³-hybridized carbons (Fsp3) is 0.387. The van der Waals surface area contributed by atoms with Crippen LogP contribution < -0.4 is 21.1 Å². The molecule has 2 aromatic carbocycles. The fourth-order valence-corrected chi connectivity index (χ4v) is 5.23. The number of aliphatic hydroxyl groups is 1.